The molecule has 1 fully saturated rings. The molecule has 1 atom stereocenters. The Balaban J connectivity index is 1.97. The molecule has 1 saturated heterocycles. The maximum Gasteiger partial charge on any atom is 0.293 e. The van der Waals surface area contributed by atoms with Crippen LogP contribution in [0.25, 0.3) is 5.69 Å². The second-order valence-electron chi connectivity index (χ2n) is 6.42. The number of carbonyl (C=O) groups excluding carboxylic acids is 1. The van der Waals surface area contributed by atoms with Crippen LogP contribution in [0.15, 0.2) is 24.3 Å². The normalized spacial score (nSPS) is 18.2. The number of halogens is 1. The molecule has 0 bridgehead atoms. The van der Waals surface area contributed by atoms with Crippen LogP contribution >= 0.6 is 11.6 Å². The van der Waals surface area contributed by atoms with Crippen LogP contribution in [0.1, 0.15) is 43.1 Å². The number of aromatic nitrogens is 3. The quantitative estimate of drug-likeness (QED) is 0.926. The van der Waals surface area contributed by atoms with Gasteiger partial charge in [0.1, 0.15) is 5.82 Å². The minimum Gasteiger partial charge on any atom is -0.333 e. The average molecular weight is 348 g/mol. The second kappa shape index (κ2) is 6.91. The van der Waals surface area contributed by atoms with Crippen molar-refractivity contribution in [2.75, 3.05) is 19.6 Å². The number of carbonyl (C=O) groups is 1. The van der Waals surface area contributed by atoms with Gasteiger partial charge in [0.05, 0.1) is 10.7 Å². The molecule has 1 unspecified atom stereocenters. The molecule has 128 valence electrons. The van der Waals surface area contributed by atoms with Gasteiger partial charge in [0.2, 0.25) is 5.82 Å². The van der Waals surface area contributed by atoms with Gasteiger partial charge in [0, 0.05) is 31.6 Å². The molecule has 7 heteroatoms. The first kappa shape index (κ1) is 16.9. The van der Waals surface area contributed by atoms with E-state index in [2.05, 4.69) is 22.3 Å². The van der Waals surface area contributed by atoms with Crippen LogP contribution in [0.4, 0.5) is 0 Å². The van der Waals surface area contributed by atoms with Gasteiger partial charge in [-0.15, -0.1) is 5.10 Å². The van der Waals surface area contributed by atoms with E-state index in [9.17, 15) is 4.79 Å². The van der Waals surface area contributed by atoms with Crippen molar-refractivity contribution < 1.29 is 4.79 Å². The summed E-state index contributed by atoms with van der Waals surface area (Å²) in [6.45, 7) is 8.23. The number of hydrogen-bond donors (Lipinski definition) is 1. The molecule has 0 radical (unpaired) electrons. The van der Waals surface area contributed by atoms with Crippen molar-refractivity contribution >= 4 is 17.5 Å². The number of rotatable bonds is 3. The molecule has 0 saturated carbocycles. The zero-order valence-corrected chi connectivity index (χ0v) is 14.9. The zero-order valence-electron chi connectivity index (χ0n) is 14.2. The first-order valence-electron chi connectivity index (χ1n) is 8.22. The van der Waals surface area contributed by atoms with Crippen LogP contribution in [0.3, 0.4) is 0 Å². The molecule has 0 spiro atoms. The van der Waals surface area contributed by atoms with Gasteiger partial charge >= 0.3 is 0 Å². The largest absolute Gasteiger partial charge is 0.333 e. The molecule has 1 aromatic carbocycles. The standard InChI is InChI=1S/C17H22ClN5O/c1-11(2)16-20-15(17(24)22-9-8-19-12(3)10-22)21-23(16)14-7-5-4-6-13(14)18/h4-7,11-12,19H,8-10H2,1-3H3. The van der Waals surface area contributed by atoms with E-state index in [4.69, 9.17) is 11.6 Å². The summed E-state index contributed by atoms with van der Waals surface area (Å²) in [5.74, 6) is 0.954. The fourth-order valence-corrected chi connectivity index (χ4v) is 3.06. The van der Waals surface area contributed by atoms with Crippen molar-refractivity contribution in [2.24, 2.45) is 0 Å². The highest BCUT2D eigenvalue weighted by atomic mass is 35.5. The fourth-order valence-electron chi connectivity index (χ4n) is 2.85. The molecule has 1 amide bonds. The number of benzene rings is 1. The van der Waals surface area contributed by atoms with Crippen LogP contribution in [0, 0.1) is 0 Å². The zero-order chi connectivity index (χ0) is 17.3. The topological polar surface area (TPSA) is 63.1 Å². The lowest BCUT2D eigenvalue weighted by molar-refractivity contribution is 0.0696. The van der Waals surface area contributed by atoms with Gasteiger partial charge in [-0.2, -0.15) is 0 Å². The third-order valence-corrected chi connectivity index (χ3v) is 4.40. The van der Waals surface area contributed by atoms with Crippen LogP contribution in [-0.4, -0.2) is 51.2 Å². The van der Waals surface area contributed by atoms with E-state index in [0.717, 1.165) is 18.1 Å². The first-order chi connectivity index (χ1) is 11.5. The van der Waals surface area contributed by atoms with E-state index in [1.807, 2.05) is 38.1 Å². The van der Waals surface area contributed by atoms with Gasteiger partial charge in [-0.3, -0.25) is 4.79 Å². The van der Waals surface area contributed by atoms with E-state index < -0.39 is 0 Å². The van der Waals surface area contributed by atoms with E-state index in [0.29, 0.717) is 18.1 Å². The van der Waals surface area contributed by atoms with Crippen molar-refractivity contribution in [1.82, 2.24) is 25.0 Å². The molecule has 2 heterocycles. The van der Waals surface area contributed by atoms with Crippen molar-refractivity contribution in [2.45, 2.75) is 32.7 Å². The van der Waals surface area contributed by atoms with Gasteiger partial charge < -0.3 is 10.2 Å². The van der Waals surface area contributed by atoms with E-state index in [1.54, 1.807) is 9.58 Å². The molecule has 1 aromatic heterocycles. The molecular formula is C17H22ClN5O. The molecule has 2 aromatic rings. The lowest BCUT2D eigenvalue weighted by Gasteiger charge is -2.31. The molecule has 0 aliphatic carbocycles. The number of nitrogens with zero attached hydrogens (tertiary/aromatic N) is 4. The predicted molar refractivity (Wildman–Crippen MR) is 93.8 cm³/mol. The Bertz CT molecular complexity index is 742. The summed E-state index contributed by atoms with van der Waals surface area (Å²) in [4.78, 5) is 19.1. The van der Waals surface area contributed by atoms with Crippen LogP contribution in [-0.2, 0) is 0 Å². The van der Waals surface area contributed by atoms with Crippen LogP contribution in [0.2, 0.25) is 5.02 Å². The summed E-state index contributed by atoms with van der Waals surface area (Å²) >= 11 is 6.30. The third-order valence-electron chi connectivity index (χ3n) is 4.08. The molecular weight excluding hydrogens is 326 g/mol. The van der Waals surface area contributed by atoms with Crippen LogP contribution in [0.5, 0.6) is 0 Å². The van der Waals surface area contributed by atoms with Gasteiger partial charge in [0.15, 0.2) is 0 Å². The summed E-state index contributed by atoms with van der Waals surface area (Å²) in [6, 6.07) is 7.72. The van der Waals surface area contributed by atoms with E-state index in [-0.39, 0.29) is 23.7 Å². The number of nitrogens with one attached hydrogen (secondary N) is 1. The minimum atomic E-state index is -0.129. The van der Waals surface area contributed by atoms with Gasteiger partial charge in [0.25, 0.3) is 5.91 Å². The Labute approximate surface area is 146 Å². The lowest BCUT2D eigenvalue weighted by atomic mass is 10.2. The molecule has 6 nitrogen and oxygen atoms in total. The highest BCUT2D eigenvalue weighted by Gasteiger charge is 2.27. The summed E-state index contributed by atoms with van der Waals surface area (Å²) in [6.07, 6.45) is 0. The van der Waals surface area contributed by atoms with Gasteiger partial charge in [-0.05, 0) is 19.1 Å². The second-order valence-corrected chi connectivity index (χ2v) is 6.83. The predicted octanol–water partition coefficient (Wildman–Crippen LogP) is 2.48. The minimum absolute atomic E-state index is 0.122. The number of hydrogen-bond acceptors (Lipinski definition) is 4. The maximum atomic E-state index is 12.8. The highest BCUT2D eigenvalue weighted by Crippen LogP contribution is 2.24. The Morgan fingerprint density at radius 2 is 2.12 bits per heavy atom. The molecule has 3 rings (SSSR count). The van der Waals surface area contributed by atoms with E-state index in [1.165, 1.54) is 0 Å². The third kappa shape index (κ3) is 3.30. The molecule has 1 N–H and O–H groups in total. The fraction of sp³-hybridized carbons (Fsp3) is 0.471. The van der Waals surface area contributed by atoms with Gasteiger partial charge in [-0.25, -0.2) is 9.67 Å². The average Bonchev–Trinajstić information content (AvgIpc) is 3.00. The Morgan fingerprint density at radius 1 is 1.38 bits per heavy atom. The summed E-state index contributed by atoms with van der Waals surface area (Å²) in [5.41, 5.74) is 0.739. The molecule has 1 aliphatic rings. The summed E-state index contributed by atoms with van der Waals surface area (Å²) in [7, 11) is 0. The van der Waals surface area contributed by atoms with Crippen molar-refractivity contribution in [3.63, 3.8) is 0 Å². The first-order valence-corrected chi connectivity index (χ1v) is 8.59. The van der Waals surface area contributed by atoms with Crippen molar-refractivity contribution in [3.05, 3.63) is 40.9 Å². The number of para-hydroxylation sites is 1. The summed E-state index contributed by atoms with van der Waals surface area (Å²) < 4.78 is 1.69. The van der Waals surface area contributed by atoms with Gasteiger partial charge in [-0.1, -0.05) is 37.6 Å². The van der Waals surface area contributed by atoms with Crippen molar-refractivity contribution in [3.8, 4) is 5.69 Å². The van der Waals surface area contributed by atoms with E-state index >= 15 is 0 Å². The van der Waals surface area contributed by atoms with Crippen LogP contribution < -0.4 is 5.32 Å². The molecule has 1 aliphatic heterocycles. The molecule has 24 heavy (non-hydrogen) atoms. The maximum absolute atomic E-state index is 12.8. The Morgan fingerprint density at radius 3 is 2.79 bits per heavy atom. The Hall–Kier alpha value is -1.92. The summed E-state index contributed by atoms with van der Waals surface area (Å²) in [5, 5.41) is 8.38. The highest BCUT2D eigenvalue weighted by molar-refractivity contribution is 6.32. The number of piperazine rings is 1. The monoisotopic (exact) mass is 347 g/mol. The van der Waals surface area contributed by atoms with Crippen molar-refractivity contribution in [1.29, 1.82) is 0 Å². The SMILES string of the molecule is CC1CN(C(=O)c2nc(C(C)C)n(-c3ccccc3Cl)n2)CCN1. The lowest BCUT2D eigenvalue weighted by Crippen LogP contribution is -2.51. The smallest absolute Gasteiger partial charge is 0.293 e. The Kier molecular flexibility index (Phi) is 4.87. The number of amides is 1.